The Morgan fingerprint density at radius 3 is 2.10 bits per heavy atom. The third-order valence-corrected chi connectivity index (χ3v) is 1.04. The fourth-order valence-electron chi connectivity index (χ4n) is 0.542. The van der Waals surface area contributed by atoms with Crippen molar-refractivity contribution in [2.45, 2.75) is 12.4 Å². The van der Waals surface area contributed by atoms with Gasteiger partial charge in [-0.15, -0.1) is 0 Å². The van der Waals surface area contributed by atoms with E-state index in [0.29, 0.717) is 6.61 Å². The van der Waals surface area contributed by atoms with Crippen molar-refractivity contribution in [3.8, 4) is 0 Å². The summed E-state index contributed by atoms with van der Waals surface area (Å²) in [5.74, 6) is 0. The summed E-state index contributed by atoms with van der Waals surface area (Å²) in [6, 6.07) is 0. The maximum atomic E-state index is 4.87. The molecule has 0 bridgehead atoms. The van der Waals surface area contributed by atoms with Crippen molar-refractivity contribution in [2.24, 2.45) is 0 Å². The largest absolute Gasteiger partial charge is 0.367 e. The Labute approximate surface area is 58.6 Å². The first kappa shape index (κ1) is 7.90. The second-order valence-electron chi connectivity index (χ2n) is 1.77. The highest BCUT2D eigenvalue weighted by Crippen LogP contribution is 2.17. The molecule has 0 N–H and O–H groups in total. The standard InChI is InChI=1S/C5H10O5/c1-6-9-5(10-7-2)4-3-8-4/h4-5H,3H2,1-2H3. The van der Waals surface area contributed by atoms with Gasteiger partial charge in [0.25, 0.3) is 6.29 Å². The average molecular weight is 150 g/mol. The SMILES string of the molecule is COOC(OOC)C1CO1. The molecule has 60 valence electrons. The lowest BCUT2D eigenvalue weighted by Gasteiger charge is -2.09. The number of hydrogen-bond acceptors (Lipinski definition) is 5. The molecule has 0 aromatic carbocycles. The van der Waals surface area contributed by atoms with Crippen LogP contribution in [0.2, 0.25) is 0 Å². The van der Waals surface area contributed by atoms with Gasteiger partial charge in [0.05, 0.1) is 20.8 Å². The Morgan fingerprint density at radius 1 is 1.30 bits per heavy atom. The van der Waals surface area contributed by atoms with Crippen molar-refractivity contribution < 1.29 is 24.3 Å². The van der Waals surface area contributed by atoms with Gasteiger partial charge >= 0.3 is 0 Å². The summed E-state index contributed by atoms with van der Waals surface area (Å²) in [6.45, 7) is 0.622. The zero-order valence-electron chi connectivity index (χ0n) is 5.90. The highest BCUT2D eigenvalue weighted by molar-refractivity contribution is 4.71. The van der Waals surface area contributed by atoms with Crippen molar-refractivity contribution in [3.05, 3.63) is 0 Å². The summed E-state index contributed by atoms with van der Waals surface area (Å²) < 4.78 is 4.87. The Balaban J connectivity index is 2.13. The molecule has 0 saturated carbocycles. The molecule has 0 aliphatic carbocycles. The minimum Gasteiger partial charge on any atom is -0.367 e. The molecule has 1 fully saturated rings. The van der Waals surface area contributed by atoms with Gasteiger partial charge < -0.3 is 4.74 Å². The Morgan fingerprint density at radius 2 is 1.80 bits per heavy atom. The Hall–Kier alpha value is -0.200. The van der Waals surface area contributed by atoms with E-state index in [1.165, 1.54) is 14.2 Å². The van der Waals surface area contributed by atoms with Crippen LogP contribution in [-0.4, -0.2) is 33.2 Å². The van der Waals surface area contributed by atoms with E-state index in [1.54, 1.807) is 0 Å². The van der Waals surface area contributed by atoms with Crippen LogP contribution in [0.4, 0.5) is 0 Å². The van der Waals surface area contributed by atoms with Crippen LogP contribution >= 0.6 is 0 Å². The molecule has 1 aliphatic heterocycles. The summed E-state index contributed by atoms with van der Waals surface area (Å²) in [5, 5.41) is 0. The van der Waals surface area contributed by atoms with Crippen molar-refractivity contribution in [1.29, 1.82) is 0 Å². The summed E-state index contributed by atoms with van der Waals surface area (Å²) in [5.41, 5.74) is 0. The highest BCUT2D eigenvalue weighted by atomic mass is 17.3. The van der Waals surface area contributed by atoms with Crippen LogP contribution in [0.15, 0.2) is 0 Å². The zero-order valence-corrected chi connectivity index (χ0v) is 5.90. The van der Waals surface area contributed by atoms with E-state index >= 15 is 0 Å². The lowest BCUT2D eigenvalue weighted by atomic mass is 10.5. The molecular formula is C5H10O5. The second-order valence-corrected chi connectivity index (χ2v) is 1.77. The van der Waals surface area contributed by atoms with Crippen LogP contribution in [0.1, 0.15) is 0 Å². The summed E-state index contributed by atoms with van der Waals surface area (Å²) >= 11 is 0. The van der Waals surface area contributed by atoms with Gasteiger partial charge in [-0.05, 0) is 0 Å². The van der Waals surface area contributed by atoms with Gasteiger partial charge in [0.2, 0.25) is 0 Å². The summed E-state index contributed by atoms with van der Waals surface area (Å²) in [7, 11) is 2.79. The predicted molar refractivity (Wildman–Crippen MR) is 29.7 cm³/mol. The van der Waals surface area contributed by atoms with Gasteiger partial charge in [-0.2, -0.15) is 9.78 Å². The van der Waals surface area contributed by atoms with Crippen molar-refractivity contribution >= 4 is 0 Å². The molecule has 1 atom stereocenters. The molecule has 0 aromatic rings. The maximum Gasteiger partial charge on any atom is 0.252 e. The Bertz CT molecular complexity index is 86.0. The second kappa shape index (κ2) is 3.85. The van der Waals surface area contributed by atoms with E-state index in [9.17, 15) is 0 Å². The number of rotatable bonds is 5. The van der Waals surface area contributed by atoms with Crippen LogP contribution in [0.3, 0.4) is 0 Å². The van der Waals surface area contributed by atoms with E-state index in [2.05, 4.69) is 19.6 Å². The van der Waals surface area contributed by atoms with Crippen LogP contribution in [0.5, 0.6) is 0 Å². The van der Waals surface area contributed by atoms with Gasteiger partial charge in [0.15, 0.2) is 0 Å². The quantitative estimate of drug-likeness (QED) is 0.236. The lowest BCUT2D eigenvalue weighted by Crippen LogP contribution is -2.22. The molecule has 5 heteroatoms. The molecule has 1 aliphatic rings. The molecule has 0 spiro atoms. The first-order chi connectivity index (χ1) is 4.88. The molecule has 0 radical (unpaired) electrons. The van der Waals surface area contributed by atoms with E-state index in [-0.39, 0.29) is 6.10 Å². The van der Waals surface area contributed by atoms with Crippen molar-refractivity contribution in [2.75, 3.05) is 20.8 Å². The number of ether oxygens (including phenoxy) is 1. The summed E-state index contributed by atoms with van der Waals surface area (Å²) in [6.07, 6.45) is -0.630. The maximum absolute atomic E-state index is 4.87. The van der Waals surface area contributed by atoms with Gasteiger partial charge in [-0.25, -0.2) is 9.78 Å². The lowest BCUT2D eigenvalue weighted by molar-refractivity contribution is -0.450. The van der Waals surface area contributed by atoms with Gasteiger partial charge in [-0.3, -0.25) is 0 Å². The van der Waals surface area contributed by atoms with Crippen LogP contribution < -0.4 is 0 Å². The van der Waals surface area contributed by atoms with Crippen molar-refractivity contribution in [3.63, 3.8) is 0 Å². The third kappa shape index (κ3) is 2.20. The zero-order chi connectivity index (χ0) is 7.40. The highest BCUT2D eigenvalue weighted by Gasteiger charge is 2.36. The third-order valence-electron chi connectivity index (χ3n) is 1.04. The summed E-state index contributed by atoms with van der Waals surface area (Å²) in [4.78, 5) is 18.0. The molecule has 0 amide bonds. The molecule has 0 aromatic heterocycles. The van der Waals surface area contributed by atoms with E-state index in [1.807, 2.05) is 0 Å². The van der Waals surface area contributed by atoms with Crippen LogP contribution in [-0.2, 0) is 24.3 Å². The first-order valence-corrected chi connectivity index (χ1v) is 2.89. The minimum absolute atomic E-state index is 0.0556. The van der Waals surface area contributed by atoms with Crippen molar-refractivity contribution in [1.82, 2.24) is 0 Å². The van der Waals surface area contributed by atoms with Gasteiger partial charge in [-0.1, -0.05) is 0 Å². The monoisotopic (exact) mass is 150 g/mol. The predicted octanol–water partition coefficient (Wildman–Crippen LogP) is -0.133. The van der Waals surface area contributed by atoms with E-state index in [4.69, 9.17) is 4.74 Å². The van der Waals surface area contributed by atoms with Gasteiger partial charge in [0.1, 0.15) is 6.10 Å². The molecule has 5 nitrogen and oxygen atoms in total. The van der Waals surface area contributed by atoms with Crippen LogP contribution in [0.25, 0.3) is 0 Å². The molecule has 1 rings (SSSR count). The fraction of sp³-hybridized carbons (Fsp3) is 1.00. The molecule has 1 unspecified atom stereocenters. The number of hydrogen-bond donors (Lipinski definition) is 0. The normalized spacial score (nSPS) is 23.7. The molecular weight excluding hydrogens is 140 g/mol. The molecule has 10 heavy (non-hydrogen) atoms. The smallest absolute Gasteiger partial charge is 0.252 e. The van der Waals surface area contributed by atoms with Gasteiger partial charge in [0, 0.05) is 0 Å². The number of epoxide rings is 1. The van der Waals surface area contributed by atoms with Crippen LogP contribution in [0, 0.1) is 0 Å². The average Bonchev–Trinajstić information content (AvgIpc) is 2.69. The van der Waals surface area contributed by atoms with E-state index in [0.717, 1.165) is 0 Å². The first-order valence-electron chi connectivity index (χ1n) is 2.89. The molecule has 1 saturated heterocycles. The Kier molecular flexibility index (Phi) is 3.04. The fourth-order valence-corrected chi connectivity index (χ4v) is 0.542. The topological polar surface area (TPSA) is 49.5 Å². The minimum atomic E-state index is -0.574. The van der Waals surface area contributed by atoms with E-state index < -0.39 is 6.29 Å². The molecule has 1 heterocycles.